The van der Waals surface area contributed by atoms with Gasteiger partial charge >= 0.3 is 0 Å². The molecule has 0 bridgehead atoms. The zero-order chi connectivity index (χ0) is 23.0. The molecule has 0 saturated carbocycles. The number of morpholine rings is 1. The molecule has 0 spiro atoms. The van der Waals surface area contributed by atoms with Gasteiger partial charge in [-0.3, -0.25) is 4.79 Å². The first-order chi connectivity index (χ1) is 15.9. The molecule has 3 heterocycles. The number of amidine groups is 1. The van der Waals surface area contributed by atoms with Crippen molar-refractivity contribution in [1.82, 2.24) is 4.90 Å². The molecule has 1 unspecified atom stereocenters. The highest BCUT2D eigenvalue weighted by Gasteiger charge is 2.35. The fraction of sp³-hybridized carbons (Fsp3) is 0.391. The van der Waals surface area contributed by atoms with Gasteiger partial charge in [0.05, 0.1) is 24.8 Å². The third-order valence-electron chi connectivity index (χ3n) is 6.27. The molecule has 33 heavy (non-hydrogen) atoms. The summed E-state index contributed by atoms with van der Waals surface area (Å²) in [7, 11) is -3.72. The average molecular weight is 473 g/mol. The number of carbonyl (C=O) groups is 1. The molecule has 1 N–H and O–H groups in total. The van der Waals surface area contributed by atoms with Crippen LogP contribution in [0.15, 0.2) is 51.8 Å². The van der Waals surface area contributed by atoms with Crippen molar-refractivity contribution < 1.29 is 22.3 Å². The molecule has 0 radical (unpaired) electrons. The maximum Gasteiger partial charge on any atom is 0.285 e. The van der Waals surface area contributed by atoms with Crippen LogP contribution in [0.3, 0.4) is 0 Å². The number of piperidine rings is 1. The van der Waals surface area contributed by atoms with Crippen LogP contribution in [0.2, 0.25) is 0 Å². The summed E-state index contributed by atoms with van der Waals surface area (Å²) in [5.74, 6) is -0.571. The Hall–Kier alpha value is -2.98. The minimum absolute atomic E-state index is 0.197. The van der Waals surface area contributed by atoms with Crippen molar-refractivity contribution in [3.63, 3.8) is 0 Å². The number of sulfonamides is 1. The SMILES string of the molecule is O=C(Nc1ccc(N2CCOCC2)c(F)c1)C1CCCN(C2=NS(=O)(=O)c3ccccc32)C1. The lowest BCUT2D eigenvalue weighted by molar-refractivity contribution is -0.121. The molecule has 8 nitrogen and oxygen atoms in total. The average Bonchev–Trinajstić information content (AvgIpc) is 3.11. The van der Waals surface area contributed by atoms with Gasteiger partial charge in [0.25, 0.3) is 10.0 Å². The summed E-state index contributed by atoms with van der Waals surface area (Å²) in [6.07, 6.45) is 1.39. The van der Waals surface area contributed by atoms with Gasteiger partial charge in [-0.25, -0.2) is 4.39 Å². The van der Waals surface area contributed by atoms with E-state index < -0.39 is 10.0 Å². The number of nitrogens with zero attached hydrogens (tertiary/aromatic N) is 3. The van der Waals surface area contributed by atoms with Gasteiger partial charge in [-0.1, -0.05) is 12.1 Å². The van der Waals surface area contributed by atoms with E-state index in [2.05, 4.69) is 9.71 Å². The van der Waals surface area contributed by atoms with Gasteiger partial charge < -0.3 is 19.9 Å². The molecule has 10 heteroatoms. The molecule has 5 rings (SSSR count). The fourth-order valence-corrected chi connectivity index (χ4v) is 5.82. The number of anilines is 2. The first kappa shape index (κ1) is 21.8. The van der Waals surface area contributed by atoms with Crippen molar-refractivity contribution in [3.8, 4) is 0 Å². The zero-order valence-electron chi connectivity index (χ0n) is 18.0. The van der Waals surface area contributed by atoms with Crippen LogP contribution in [0.25, 0.3) is 0 Å². The largest absolute Gasteiger partial charge is 0.378 e. The summed E-state index contributed by atoms with van der Waals surface area (Å²) in [4.78, 5) is 16.9. The molecular formula is C23H25FN4O4S. The molecule has 2 aromatic carbocycles. The van der Waals surface area contributed by atoms with Gasteiger partial charge in [0.15, 0.2) is 5.84 Å². The van der Waals surface area contributed by atoms with Crippen molar-refractivity contribution in [1.29, 1.82) is 0 Å². The minimum atomic E-state index is -3.72. The number of halogens is 1. The highest BCUT2D eigenvalue weighted by molar-refractivity contribution is 7.90. The maximum absolute atomic E-state index is 14.7. The first-order valence-electron chi connectivity index (χ1n) is 11.0. The molecule has 3 aliphatic heterocycles. The number of benzene rings is 2. The Kier molecular flexibility index (Phi) is 5.79. The first-order valence-corrected chi connectivity index (χ1v) is 12.5. The number of fused-ring (bicyclic) bond motifs is 1. The van der Waals surface area contributed by atoms with Crippen LogP contribution in [-0.2, 0) is 19.6 Å². The van der Waals surface area contributed by atoms with Gasteiger partial charge in [0.2, 0.25) is 5.91 Å². The molecule has 2 saturated heterocycles. The molecule has 2 aromatic rings. The highest BCUT2D eigenvalue weighted by atomic mass is 32.2. The van der Waals surface area contributed by atoms with E-state index in [9.17, 15) is 17.6 Å². The Balaban J connectivity index is 1.28. The molecule has 174 valence electrons. The van der Waals surface area contributed by atoms with Crippen molar-refractivity contribution in [2.45, 2.75) is 17.7 Å². The standard InChI is InChI=1S/C23H25FN4O4S/c24-19-14-17(7-8-20(19)27-10-12-32-13-11-27)25-23(29)16-4-3-9-28(15-16)22-18-5-1-2-6-21(18)33(30,31)26-22/h1-2,5-8,14,16H,3-4,9-13,15H2,(H,25,29). The van der Waals surface area contributed by atoms with Gasteiger partial charge in [0.1, 0.15) is 10.7 Å². The van der Waals surface area contributed by atoms with Crippen LogP contribution in [0.1, 0.15) is 18.4 Å². The van der Waals surface area contributed by atoms with Gasteiger partial charge in [0, 0.05) is 37.4 Å². The number of likely N-dealkylation sites (tertiary alicyclic amines) is 1. The molecule has 1 amide bonds. The third kappa shape index (κ3) is 4.32. The van der Waals surface area contributed by atoms with Gasteiger partial charge in [-0.2, -0.15) is 8.42 Å². The summed E-state index contributed by atoms with van der Waals surface area (Å²) < 4.78 is 48.8. The van der Waals surface area contributed by atoms with E-state index in [0.717, 1.165) is 6.42 Å². The Morgan fingerprint density at radius 2 is 1.88 bits per heavy atom. The number of amides is 1. The summed E-state index contributed by atoms with van der Waals surface area (Å²) in [6.45, 7) is 3.35. The molecule has 0 aromatic heterocycles. The Labute approximate surface area is 192 Å². The predicted molar refractivity (Wildman–Crippen MR) is 123 cm³/mol. The smallest absolute Gasteiger partial charge is 0.285 e. The number of hydrogen-bond acceptors (Lipinski definition) is 6. The topological polar surface area (TPSA) is 91.3 Å². The minimum Gasteiger partial charge on any atom is -0.378 e. The molecule has 0 aliphatic carbocycles. The summed E-state index contributed by atoms with van der Waals surface area (Å²) in [5, 5.41) is 2.82. The van der Waals surface area contributed by atoms with Crippen LogP contribution < -0.4 is 10.2 Å². The number of nitrogens with one attached hydrogen (secondary N) is 1. The molecular weight excluding hydrogens is 447 g/mol. The van der Waals surface area contributed by atoms with Crippen LogP contribution in [-0.4, -0.2) is 64.5 Å². The number of hydrogen-bond donors (Lipinski definition) is 1. The van der Waals surface area contributed by atoms with Crippen molar-refractivity contribution in [2.24, 2.45) is 10.3 Å². The summed E-state index contributed by atoms with van der Waals surface area (Å²) >= 11 is 0. The lowest BCUT2D eigenvalue weighted by Gasteiger charge is -2.33. The van der Waals surface area contributed by atoms with Gasteiger partial charge in [-0.05, 0) is 43.2 Å². The Bertz CT molecular complexity index is 1210. The quantitative estimate of drug-likeness (QED) is 0.738. The molecule has 1 atom stereocenters. The normalized spacial score (nSPS) is 22.0. The van der Waals surface area contributed by atoms with Crippen LogP contribution in [0.4, 0.5) is 15.8 Å². The summed E-state index contributed by atoms with van der Waals surface area (Å²) in [5.41, 5.74) is 1.47. The van der Waals surface area contributed by atoms with Crippen molar-refractivity contribution in [2.75, 3.05) is 49.6 Å². The van der Waals surface area contributed by atoms with Gasteiger partial charge in [-0.15, -0.1) is 4.40 Å². The maximum atomic E-state index is 14.7. The monoisotopic (exact) mass is 472 g/mol. The highest BCUT2D eigenvalue weighted by Crippen LogP contribution is 2.30. The lowest BCUT2D eigenvalue weighted by Crippen LogP contribution is -2.43. The zero-order valence-corrected chi connectivity index (χ0v) is 18.9. The van der Waals surface area contributed by atoms with E-state index in [-0.39, 0.29) is 22.5 Å². The van der Waals surface area contributed by atoms with Crippen LogP contribution in [0, 0.1) is 11.7 Å². The van der Waals surface area contributed by atoms with E-state index in [1.54, 1.807) is 36.4 Å². The van der Waals surface area contributed by atoms with Crippen LogP contribution in [0.5, 0.6) is 0 Å². The predicted octanol–water partition coefficient (Wildman–Crippen LogP) is 2.46. The van der Waals surface area contributed by atoms with E-state index in [4.69, 9.17) is 4.74 Å². The second-order valence-electron chi connectivity index (χ2n) is 8.43. The second-order valence-corrected chi connectivity index (χ2v) is 10.00. The summed E-state index contributed by atoms with van der Waals surface area (Å²) in [6, 6.07) is 11.5. The molecule has 3 aliphatic rings. The van der Waals surface area contributed by atoms with E-state index in [0.29, 0.717) is 68.6 Å². The van der Waals surface area contributed by atoms with E-state index in [1.165, 1.54) is 6.07 Å². The number of carbonyl (C=O) groups excluding carboxylic acids is 1. The van der Waals surface area contributed by atoms with Crippen molar-refractivity contribution in [3.05, 3.63) is 53.8 Å². The Morgan fingerprint density at radius 3 is 2.67 bits per heavy atom. The number of rotatable bonds is 3. The second kappa shape index (κ2) is 8.75. The van der Waals surface area contributed by atoms with E-state index in [1.807, 2.05) is 9.80 Å². The van der Waals surface area contributed by atoms with Crippen LogP contribution >= 0.6 is 0 Å². The fourth-order valence-electron chi connectivity index (χ4n) is 4.59. The Morgan fingerprint density at radius 1 is 1.09 bits per heavy atom. The number of ether oxygens (including phenoxy) is 1. The lowest BCUT2D eigenvalue weighted by atomic mass is 9.96. The van der Waals surface area contributed by atoms with E-state index >= 15 is 0 Å². The van der Waals surface area contributed by atoms with Crippen molar-refractivity contribution >= 4 is 33.1 Å². The third-order valence-corrected chi connectivity index (χ3v) is 7.60. The molecule has 2 fully saturated rings.